The van der Waals surface area contributed by atoms with Crippen molar-refractivity contribution in [2.75, 3.05) is 0 Å². The number of aliphatic imine (C=N–C) groups is 1. The minimum absolute atomic E-state index is 0.166. The highest BCUT2D eigenvalue weighted by molar-refractivity contribution is 6.09. The highest BCUT2D eigenvalue weighted by Gasteiger charge is 2.26. The van der Waals surface area contributed by atoms with Crippen molar-refractivity contribution in [1.82, 2.24) is 15.2 Å². The van der Waals surface area contributed by atoms with Gasteiger partial charge in [-0.25, -0.2) is 4.99 Å². The molecule has 10 aromatic rings. The number of para-hydroxylation sites is 2. The maximum absolute atomic E-state index is 5.33. The van der Waals surface area contributed by atoms with Crippen LogP contribution in [0.5, 0.6) is 0 Å². The molecule has 0 spiro atoms. The molecule has 0 aliphatic carbocycles. The third-order valence-corrected chi connectivity index (χ3v) is 11.7. The average molecular weight is 757 g/mol. The molecule has 11 rings (SSSR count). The van der Waals surface area contributed by atoms with Gasteiger partial charge in [-0.05, 0) is 91.7 Å². The summed E-state index contributed by atoms with van der Waals surface area (Å²) in [7, 11) is 0. The number of fused-ring (bicyclic) bond motifs is 4. The number of hydrogen-bond donors (Lipinski definition) is 2. The molecule has 2 atom stereocenters. The van der Waals surface area contributed by atoms with E-state index in [1.54, 1.807) is 0 Å². The van der Waals surface area contributed by atoms with Crippen molar-refractivity contribution >= 4 is 38.4 Å². The van der Waals surface area contributed by atoms with Crippen LogP contribution in [-0.2, 0) is 0 Å². The van der Waals surface area contributed by atoms with Crippen LogP contribution in [0.25, 0.3) is 71.6 Å². The molecule has 2 heterocycles. The Balaban J connectivity index is 1.00. The van der Waals surface area contributed by atoms with Gasteiger partial charge in [0.25, 0.3) is 0 Å². The number of hydrogen-bond acceptors (Lipinski definition) is 3. The Kier molecular flexibility index (Phi) is 8.68. The number of nitrogens with zero attached hydrogens (tertiary/aromatic N) is 2. The van der Waals surface area contributed by atoms with E-state index in [0.29, 0.717) is 0 Å². The summed E-state index contributed by atoms with van der Waals surface area (Å²) in [4.78, 5) is 5.33. The van der Waals surface area contributed by atoms with Crippen LogP contribution in [0.4, 0.5) is 0 Å². The first-order valence-corrected chi connectivity index (χ1v) is 20.3. The molecule has 1 aromatic heterocycles. The van der Waals surface area contributed by atoms with Crippen molar-refractivity contribution in [2.24, 2.45) is 4.99 Å². The Hall–Kier alpha value is -7.53. The summed E-state index contributed by atoms with van der Waals surface area (Å²) in [5.74, 6) is 0.865. The van der Waals surface area contributed by atoms with Gasteiger partial charge in [-0.3, -0.25) is 5.32 Å². The summed E-state index contributed by atoms with van der Waals surface area (Å²) < 4.78 is 2.38. The summed E-state index contributed by atoms with van der Waals surface area (Å²) in [5, 5.41) is 12.6. The molecular formula is C55H40N4. The molecule has 0 fully saturated rings. The second-order valence-electron chi connectivity index (χ2n) is 15.2. The molecule has 0 saturated carbocycles. The van der Waals surface area contributed by atoms with E-state index in [-0.39, 0.29) is 12.3 Å². The Bertz CT molecular complexity index is 3110. The number of aromatic nitrogens is 1. The van der Waals surface area contributed by atoms with E-state index < -0.39 is 0 Å². The van der Waals surface area contributed by atoms with Crippen molar-refractivity contribution in [3.8, 4) is 39.1 Å². The molecule has 2 N–H and O–H groups in total. The van der Waals surface area contributed by atoms with Crippen LogP contribution in [-0.4, -0.2) is 10.4 Å². The van der Waals surface area contributed by atoms with Gasteiger partial charge in [-0.1, -0.05) is 182 Å². The average Bonchev–Trinajstić information content (AvgIpc) is 3.66. The lowest BCUT2D eigenvalue weighted by Crippen LogP contribution is -2.44. The molecule has 0 saturated heterocycles. The van der Waals surface area contributed by atoms with Gasteiger partial charge in [0.05, 0.1) is 11.0 Å². The molecule has 4 heteroatoms. The molecule has 280 valence electrons. The SMILES string of the molecule is c1ccc(C2=NC(c3cccc(-c4c(-c5ccc(-n6c7ccccc7c7ccccc76)cc5)ccc5ccccc45)c3)NC(c3cccc(-c4ccccc4)c3)N2)cc1. The fourth-order valence-corrected chi connectivity index (χ4v) is 8.85. The zero-order chi connectivity index (χ0) is 39.1. The molecule has 0 amide bonds. The van der Waals surface area contributed by atoms with Crippen LogP contribution in [0.1, 0.15) is 29.0 Å². The Morgan fingerprint density at radius 2 is 0.983 bits per heavy atom. The smallest absolute Gasteiger partial charge is 0.131 e. The second-order valence-corrected chi connectivity index (χ2v) is 15.2. The predicted molar refractivity (Wildman–Crippen MR) is 246 cm³/mol. The van der Waals surface area contributed by atoms with Crippen LogP contribution in [0.15, 0.2) is 223 Å². The van der Waals surface area contributed by atoms with E-state index in [0.717, 1.165) is 33.8 Å². The zero-order valence-corrected chi connectivity index (χ0v) is 32.3. The number of nitrogens with one attached hydrogen (secondary N) is 2. The van der Waals surface area contributed by atoms with Gasteiger partial charge in [0.15, 0.2) is 0 Å². The van der Waals surface area contributed by atoms with Gasteiger partial charge in [0.2, 0.25) is 0 Å². The van der Waals surface area contributed by atoms with Gasteiger partial charge < -0.3 is 9.88 Å². The normalized spacial score (nSPS) is 15.3. The monoisotopic (exact) mass is 756 g/mol. The molecular weight excluding hydrogens is 717 g/mol. The van der Waals surface area contributed by atoms with E-state index in [1.807, 2.05) is 6.07 Å². The molecule has 2 unspecified atom stereocenters. The maximum atomic E-state index is 5.33. The number of benzene rings is 9. The molecule has 1 aliphatic rings. The highest BCUT2D eigenvalue weighted by Crippen LogP contribution is 2.40. The van der Waals surface area contributed by atoms with E-state index in [4.69, 9.17) is 4.99 Å². The van der Waals surface area contributed by atoms with Crippen LogP contribution in [0.3, 0.4) is 0 Å². The molecule has 59 heavy (non-hydrogen) atoms. The zero-order valence-electron chi connectivity index (χ0n) is 32.3. The fourth-order valence-electron chi connectivity index (χ4n) is 8.85. The summed E-state index contributed by atoms with van der Waals surface area (Å²) in [5.41, 5.74) is 14.0. The van der Waals surface area contributed by atoms with E-state index in [1.165, 1.54) is 60.4 Å². The van der Waals surface area contributed by atoms with Gasteiger partial charge in [0, 0.05) is 22.0 Å². The minimum Gasteiger partial charge on any atom is -0.350 e. The van der Waals surface area contributed by atoms with E-state index in [2.05, 4.69) is 228 Å². The summed E-state index contributed by atoms with van der Waals surface area (Å²) in [6, 6.07) is 78.4. The van der Waals surface area contributed by atoms with E-state index >= 15 is 0 Å². The first-order valence-electron chi connectivity index (χ1n) is 20.3. The van der Waals surface area contributed by atoms with E-state index in [9.17, 15) is 0 Å². The maximum Gasteiger partial charge on any atom is 0.131 e. The molecule has 9 aromatic carbocycles. The predicted octanol–water partition coefficient (Wildman–Crippen LogP) is 13.3. The van der Waals surface area contributed by atoms with Gasteiger partial charge >= 0.3 is 0 Å². The second kappa shape index (κ2) is 14.8. The number of rotatable bonds is 7. The van der Waals surface area contributed by atoms with Gasteiger partial charge in [-0.15, -0.1) is 0 Å². The minimum atomic E-state index is -0.291. The van der Waals surface area contributed by atoms with Gasteiger partial charge in [0.1, 0.15) is 18.2 Å². The fraction of sp³-hybridized carbons (Fsp3) is 0.0364. The Morgan fingerprint density at radius 1 is 0.407 bits per heavy atom. The topological polar surface area (TPSA) is 41.4 Å². The quantitative estimate of drug-likeness (QED) is 0.170. The standard InChI is InChI=1S/C55H40N4/c1-3-15-37(16-4-1)41-20-13-22-43(35-41)54-56-53(40-18-5-2-6-19-40)57-55(58-54)44-23-14-21-42(36-44)52-46-24-8-7-17-38(46)31-34-47(52)39-29-32-45(33-30-39)59-50-27-11-9-25-48(50)49-26-10-12-28-51(49)59/h1-36,54-55,58H,(H,56,57). The lowest BCUT2D eigenvalue weighted by molar-refractivity contribution is 0.409. The lowest BCUT2D eigenvalue weighted by atomic mass is 9.89. The van der Waals surface area contributed by atoms with Crippen LogP contribution < -0.4 is 10.6 Å². The summed E-state index contributed by atoms with van der Waals surface area (Å²) in [6.45, 7) is 0. The Labute approximate surface area is 343 Å². The van der Waals surface area contributed by atoms with Crippen LogP contribution in [0, 0.1) is 0 Å². The Morgan fingerprint density at radius 3 is 1.71 bits per heavy atom. The third kappa shape index (κ3) is 6.37. The van der Waals surface area contributed by atoms with Crippen LogP contribution >= 0.6 is 0 Å². The van der Waals surface area contributed by atoms with Crippen molar-refractivity contribution in [1.29, 1.82) is 0 Å². The largest absolute Gasteiger partial charge is 0.350 e. The third-order valence-electron chi connectivity index (χ3n) is 11.7. The summed E-state index contributed by atoms with van der Waals surface area (Å²) in [6.07, 6.45) is -0.457. The summed E-state index contributed by atoms with van der Waals surface area (Å²) >= 11 is 0. The van der Waals surface area contributed by atoms with Crippen molar-refractivity contribution < 1.29 is 0 Å². The highest BCUT2D eigenvalue weighted by atomic mass is 15.3. The van der Waals surface area contributed by atoms with Crippen molar-refractivity contribution in [3.63, 3.8) is 0 Å². The number of amidine groups is 1. The molecule has 0 radical (unpaired) electrons. The van der Waals surface area contributed by atoms with Crippen molar-refractivity contribution in [2.45, 2.75) is 12.3 Å². The molecule has 1 aliphatic heterocycles. The van der Waals surface area contributed by atoms with Crippen molar-refractivity contribution in [3.05, 3.63) is 235 Å². The first-order chi connectivity index (χ1) is 29.2. The van der Waals surface area contributed by atoms with Crippen LogP contribution in [0.2, 0.25) is 0 Å². The molecule has 4 nitrogen and oxygen atoms in total. The van der Waals surface area contributed by atoms with Gasteiger partial charge in [-0.2, -0.15) is 0 Å². The lowest BCUT2D eigenvalue weighted by Gasteiger charge is -2.32. The first kappa shape index (κ1) is 34.7. The molecule has 0 bridgehead atoms.